The summed E-state index contributed by atoms with van der Waals surface area (Å²) in [6.07, 6.45) is 14.7. The Hall–Kier alpha value is -1.84. The molecule has 0 N–H and O–H groups in total. The van der Waals surface area contributed by atoms with Crippen LogP contribution in [0.4, 0.5) is 0 Å². The molecule has 37 heavy (non-hydrogen) atoms. The molecule has 1 aromatic rings. The zero-order valence-corrected chi connectivity index (χ0v) is 25.1. The van der Waals surface area contributed by atoms with E-state index in [1.807, 2.05) is 13.8 Å². The minimum Gasteiger partial charge on any atom is -0.487 e. The van der Waals surface area contributed by atoms with Gasteiger partial charge in [-0.1, -0.05) is 72.6 Å². The Kier molecular flexibility index (Phi) is 12.7. The summed E-state index contributed by atoms with van der Waals surface area (Å²) < 4.78 is 12.4. The molecule has 1 aliphatic rings. The van der Waals surface area contributed by atoms with E-state index < -0.39 is 0 Å². The first-order valence-electron chi connectivity index (χ1n) is 14.9. The lowest BCUT2D eigenvalue weighted by Crippen LogP contribution is -2.37. The van der Waals surface area contributed by atoms with E-state index in [2.05, 4.69) is 41.5 Å². The molecule has 210 valence electrons. The van der Waals surface area contributed by atoms with Crippen LogP contribution in [-0.4, -0.2) is 17.9 Å². The van der Waals surface area contributed by atoms with Gasteiger partial charge in [0, 0.05) is 12.0 Å². The smallest absolute Gasteiger partial charge is 0.311 e. The number of hydrogen-bond acceptors (Lipinski definition) is 4. The third kappa shape index (κ3) is 9.76. The highest BCUT2D eigenvalue weighted by Crippen LogP contribution is 2.45. The van der Waals surface area contributed by atoms with Crippen LogP contribution in [0.2, 0.25) is 0 Å². The van der Waals surface area contributed by atoms with Crippen molar-refractivity contribution in [1.82, 2.24) is 0 Å². The first kappa shape index (κ1) is 31.4. The molecule has 0 aliphatic carbocycles. The second kappa shape index (κ2) is 14.9. The third-order valence-electron chi connectivity index (χ3n) is 8.52. The monoisotopic (exact) mass is 514 g/mol. The molecule has 1 heterocycles. The van der Waals surface area contributed by atoms with E-state index in [4.69, 9.17) is 9.47 Å². The largest absolute Gasteiger partial charge is 0.487 e. The van der Waals surface area contributed by atoms with Gasteiger partial charge in [0.05, 0.1) is 6.42 Å². The lowest BCUT2D eigenvalue weighted by molar-refractivity contribution is -0.135. The van der Waals surface area contributed by atoms with Crippen LogP contribution in [0.3, 0.4) is 0 Å². The molecular formula is C33H54O4. The van der Waals surface area contributed by atoms with Crippen LogP contribution in [0.15, 0.2) is 0 Å². The van der Waals surface area contributed by atoms with E-state index in [0.29, 0.717) is 5.75 Å². The summed E-state index contributed by atoms with van der Waals surface area (Å²) in [6.45, 7) is 17.8. The highest BCUT2D eigenvalue weighted by atomic mass is 16.5. The average Bonchev–Trinajstić information content (AvgIpc) is 2.83. The zero-order chi connectivity index (χ0) is 27.6. The molecule has 0 amide bonds. The first-order valence-corrected chi connectivity index (χ1v) is 14.9. The molecule has 4 heteroatoms. The summed E-state index contributed by atoms with van der Waals surface area (Å²) in [5, 5.41) is 0. The molecule has 0 bridgehead atoms. The molecular weight excluding hydrogens is 460 g/mol. The van der Waals surface area contributed by atoms with Gasteiger partial charge in [-0.2, -0.15) is 0 Å². The van der Waals surface area contributed by atoms with Gasteiger partial charge in [-0.25, -0.2) is 0 Å². The molecule has 4 nitrogen and oxygen atoms in total. The molecule has 0 aromatic heterocycles. The summed E-state index contributed by atoms with van der Waals surface area (Å²) in [6, 6.07) is 0. The van der Waals surface area contributed by atoms with Crippen molar-refractivity contribution in [2.24, 2.45) is 17.8 Å². The van der Waals surface area contributed by atoms with Crippen LogP contribution in [0.25, 0.3) is 0 Å². The van der Waals surface area contributed by atoms with Crippen LogP contribution < -0.4 is 9.47 Å². The van der Waals surface area contributed by atoms with Crippen LogP contribution in [0.1, 0.15) is 134 Å². The van der Waals surface area contributed by atoms with Crippen LogP contribution in [0.5, 0.6) is 11.5 Å². The van der Waals surface area contributed by atoms with E-state index in [9.17, 15) is 9.59 Å². The summed E-state index contributed by atoms with van der Waals surface area (Å²) >= 11 is 0. The number of carbonyl (C=O) groups excluding carboxylic acids is 2. The van der Waals surface area contributed by atoms with E-state index in [1.165, 1.54) is 51.4 Å². The Balaban J connectivity index is 1.86. The summed E-state index contributed by atoms with van der Waals surface area (Å²) in [5.41, 5.74) is 4.01. The maximum Gasteiger partial charge on any atom is 0.311 e. The van der Waals surface area contributed by atoms with Gasteiger partial charge in [-0.05, 0) is 87.8 Å². The zero-order valence-electron chi connectivity index (χ0n) is 25.1. The van der Waals surface area contributed by atoms with Crippen LogP contribution >= 0.6 is 0 Å². The van der Waals surface area contributed by atoms with Crippen molar-refractivity contribution in [2.45, 2.75) is 144 Å². The first-order chi connectivity index (χ1) is 17.5. The molecule has 1 aromatic carbocycles. The Morgan fingerprint density at radius 1 is 0.919 bits per heavy atom. The maximum atomic E-state index is 12.2. The van der Waals surface area contributed by atoms with Crippen LogP contribution in [-0.2, 0) is 16.0 Å². The number of benzene rings is 1. The van der Waals surface area contributed by atoms with Gasteiger partial charge in [-0.3, -0.25) is 4.79 Å². The van der Waals surface area contributed by atoms with Gasteiger partial charge < -0.3 is 14.3 Å². The molecule has 3 atom stereocenters. The number of esters is 1. The maximum absolute atomic E-state index is 12.2. The number of carbonyl (C=O) groups is 2. The molecule has 2 rings (SSSR count). The summed E-state index contributed by atoms with van der Waals surface area (Å²) in [4.78, 5) is 22.8. The molecule has 0 saturated heterocycles. The fraction of sp³-hybridized carbons (Fsp3) is 0.758. The second-order valence-electron chi connectivity index (χ2n) is 12.6. The summed E-state index contributed by atoms with van der Waals surface area (Å²) in [7, 11) is 0. The Morgan fingerprint density at radius 2 is 1.51 bits per heavy atom. The van der Waals surface area contributed by atoms with Gasteiger partial charge in [0.2, 0.25) is 0 Å². The topological polar surface area (TPSA) is 52.6 Å². The van der Waals surface area contributed by atoms with Crippen molar-refractivity contribution in [3.05, 3.63) is 22.3 Å². The van der Waals surface area contributed by atoms with E-state index in [1.54, 1.807) is 0 Å². The predicted octanol–water partition coefficient (Wildman–Crippen LogP) is 9.02. The minimum absolute atomic E-state index is 0.114. The Bertz CT molecular complexity index is 887. The molecule has 0 radical (unpaired) electrons. The fourth-order valence-electron chi connectivity index (χ4n) is 5.75. The molecule has 0 fully saturated rings. The molecule has 0 saturated carbocycles. The van der Waals surface area contributed by atoms with Gasteiger partial charge in [0.15, 0.2) is 0 Å². The lowest BCUT2D eigenvalue weighted by atomic mass is 9.83. The fourth-order valence-corrected chi connectivity index (χ4v) is 5.75. The lowest BCUT2D eigenvalue weighted by Gasteiger charge is -2.38. The number of hydrogen-bond donors (Lipinski definition) is 0. The third-order valence-corrected chi connectivity index (χ3v) is 8.52. The van der Waals surface area contributed by atoms with Crippen molar-refractivity contribution in [3.8, 4) is 11.5 Å². The van der Waals surface area contributed by atoms with E-state index in [0.717, 1.165) is 71.3 Å². The van der Waals surface area contributed by atoms with Crippen molar-refractivity contribution >= 4 is 12.3 Å². The molecule has 1 aliphatic heterocycles. The highest BCUT2D eigenvalue weighted by molar-refractivity contribution is 5.76. The Morgan fingerprint density at radius 3 is 2.11 bits per heavy atom. The van der Waals surface area contributed by atoms with E-state index in [-0.39, 0.29) is 24.4 Å². The Labute approximate surface area is 227 Å². The van der Waals surface area contributed by atoms with Gasteiger partial charge in [0.25, 0.3) is 0 Å². The standard InChI is InChI=1S/C33H54O4/c1-23(2)13-9-14-24(3)15-10-16-25(4)17-11-20-33(8)21-19-29-28(7)31(36-30(35)18-12-22-34)26(5)27(6)32(29)37-33/h22-25H,9-21H2,1-8H3. The number of aldehydes is 1. The predicted molar refractivity (Wildman–Crippen MR) is 154 cm³/mol. The van der Waals surface area contributed by atoms with Crippen molar-refractivity contribution in [1.29, 1.82) is 0 Å². The molecule has 0 spiro atoms. The van der Waals surface area contributed by atoms with Gasteiger partial charge in [0.1, 0.15) is 23.4 Å². The van der Waals surface area contributed by atoms with Crippen molar-refractivity contribution < 1.29 is 19.1 Å². The SMILES string of the molecule is Cc1c(C)c2c(c(C)c1OC(=O)CCC=O)CCC(C)(CCCC(C)CCCC(C)CCCC(C)C)O2. The minimum atomic E-state index is -0.353. The van der Waals surface area contributed by atoms with Crippen LogP contribution in [0, 0.1) is 38.5 Å². The highest BCUT2D eigenvalue weighted by Gasteiger charge is 2.34. The number of ether oxygens (including phenoxy) is 2. The normalized spacial score (nSPS) is 18.7. The van der Waals surface area contributed by atoms with Crippen molar-refractivity contribution in [2.75, 3.05) is 0 Å². The molecule has 3 unspecified atom stereocenters. The van der Waals surface area contributed by atoms with Gasteiger partial charge in [-0.15, -0.1) is 0 Å². The summed E-state index contributed by atoms with van der Waals surface area (Å²) in [5.74, 6) is 3.73. The number of rotatable bonds is 16. The van der Waals surface area contributed by atoms with E-state index >= 15 is 0 Å². The van der Waals surface area contributed by atoms with Gasteiger partial charge >= 0.3 is 5.97 Å². The number of fused-ring (bicyclic) bond motifs is 1. The average molecular weight is 515 g/mol. The quantitative estimate of drug-likeness (QED) is 0.125. The van der Waals surface area contributed by atoms with Crippen molar-refractivity contribution in [3.63, 3.8) is 0 Å². The second-order valence-corrected chi connectivity index (χ2v) is 12.6.